The molecule has 1 heterocycles. The van der Waals surface area contributed by atoms with Crippen molar-refractivity contribution in [3.63, 3.8) is 0 Å². The van der Waals surface area contributed by atoms with E-state index in [0.29, 0.717) is 0 Å². The number of hydrogen-bond acceptors (Lipinski definition) is 2. The fourth-order valence-electron chi connectivity index (χ4n) is 2.30. The number of carbonyl (C=O) groups excluding carboxylic acids is 1. The zero-order valence-electron chi connectivity index (χ0n) is 9.95. The molecule has 0 radical (unpaired) electrons. The zero-order chi connectivity index (χ0) is 14.5. The summed E-state index contributed by atoms with van der Waals surface area (Å²) in [4.78, 5) is 12.0. The van der Waals surface area contributed by atoms with Crippen molar-refractivity contribution in [2.24, 2.45) is 0 Å². The standard InChI is InChI=1S/C14H8F3NO2/c15-7-1-3-11(17)9(5-7)14(20)10-6-8(16)2-4-12(10)18-13(14)19/h1-6,20H,(H,18,19). The van der Waals surface area contributed by atoms with Crippen molar-refractivity contribution in [2.45, 2.75) is 5.60 Å². The smallest absolute Gasteiger partial charge is 0.265 e. The summed E-state index contributed by atoms with van der Waals surface area (Å²) in [6, 6.07) is 5.63. The quantitative estimate of drug-likeness (QED) is 0.841. The lowest BCUT2D eigenvalue weighted by molar-refractivity contribution is -0.129. The van der Waals surface area contributed by atoms with Gasteiger partial charge in [0.2, 0.25) is 0 Å². The Labute approximate surface area is 111 Å². The molecular weight excluding hydrogens is 271 g/mol. The zero-order valence-corrected chi connectivity index (χ0v) is 9.95. The number of carbonyl (C=O) groups is 1. The molecule has 102 valence electrons. The lowest BCUT2D eigenvalue weighted by Gasteiger charge is -2.22. The summed E-state index contributed by atoms with van der Waals surface area (Å²) < 4.78 is 40.4. The van der Waals surface area contributed by atoms with Crippen molar-refractivity contribution in [1.29, 1.82) is 0 Å². The lowest BCUT2D eigenvalue weighted by Crippen LogP contribution is -2.36. The summed E-state index contributed by atoms with van der Waals surface area (Å²) in [7, 11) is 0. The van der Waals surface area contributed by atoms with E-state index < -0.39 is 34.5 Å². The van der Waals surface area contributed by atoms with Gasteiger partial charge in [0.25, 0.3) is 5.91 Å². The number of rotatable bonds is 1. The number of halogens is 3. The van der Waals surface area contributed by atoms with Gasteiger partial charge in [-0.3, -0.25) is 4.79 Å². The van der Waals surface area contributed by atoms with Crippen molar-refractivity contribution in [3.8, 4) is 0 Å². The molecule has 1 aliphatic heterocycles. The SMILES string of the molecule is O=C1Nc2ccc(F)cc2C1(O)c1cc(F)ccc1F. The van der Waals surface area contributed by atoms with Gasteiger partial charge in [0, 0.05) is 16.8 Å². The Morgan fingerprint density at radius 3 is 2.25 bits per heavy atom. The van der Waals surface area contributed by atoms with Gasteiger partial charge in [-0.1, -0.05) is 0 Å². The number of fused-ring (bicyclic) bond motifs is 1. The van der Waals surface area contributed by atoms with Gasteiger partial charge in [-0.05, 0) is 36.4 Å². The second-order valence-corrected chi connectivity index (χ2v) is 4.48. The van der Waals surface area contributed by atoms with Gasteiger partial charge in [-0.15, -0.1) is 0 Å². The van der Waals surface area contributed by atoms with Gasteiger partial charge >= 0.3 is 0 Å². The fourth-order valence-corrected chi connectivity index (χ4v) is 2.30. The second-order valence-electron chi connectivity index (χ2n) is 4.48. The molecule has 6 heteroatoms. The normalized spacial score (nSPS) is 20.7. The first-order valence-corrected chi connectivity index (χ1v) is 5.72. The third kappa shape index (κ3) is 1.61. The number of benzene rings is 2. The molecule has 2 N–H and O–H groups in total. The Bertz CT molecular complexity index is 732. The summed E-state index contributed by atoms with van der Waals surface area (Å²) in [5, 5.41) is 12.8. The molecule has 20 heavy (non-hydrogen) atoms. The summed E-state index contributed by atoms with van der Waals surface area (Å²) >= 11 is 0. The number of amides is 1. The van der Waals surface area contributed by atoms with Crippen molar-refractivity contribution in [2.75, 3.05) is 5.32 Å². The van der Waals surface area contributed by atoms with Crippen molar-refractivity contribution in [3.05, 3.63) is 65.0 Å². The molecule has 0 saturated carbocycles. The topological polar surface area (TPSA) is 49.3 Å². The van der Waals surface area contributed by atoms with Gasteiger partial charge in [0.1, 0.15) is 17.5 Å². The summed E-state index contributed by atoms with van der Waals surface area (Å²) in [6.45, 7) is 0. The van der Waals surface area contributed by atoms with E-state index >= 15 is 0 Å². The highest BCUT2D eigenvalue weighted by Gasteiger charge is 2.48. The van der Waals surface area contributed by atoms with E-state index in [-0.39, 0.29) is 11.3 Å². The first kappa shape index (κ1) is 12.7. The molecule has 3 nitrogen and oxygen atoms in total. The van der Waals surface area contributed by atoms with Crippen LogP contribution in [0.4, 0.5) is 18.9 Å². The van der Waals surface area contributed by atoms with Gasteiger partial charge in [-0.25, -0.2) is 13.2 Å². The molecule has 1 aliphatic rings. The predicted molar refractivity (Wildman–Crippen MR) is 64.4 cm³/mol. The Kier molecular flexibility index (Phi) is 2.58. The Balaban J connectivity index is 2.29. The average molecular weight is 279 g/mol. The minimum absolute atomic E-state index is 0.146. The van der Waals surface area contributed by atoms with Crippen LogP contribution in [-0.2, 0) is 10.4 Å². The van der Waals surface area contributed by atoms with Crippen molar-refractivity contribution in [1.82, 2.24) is 0 Å². The van der Waals surface area contributed by atoms with E-state index in [1.807, 2.05) is 0 Å². The highest BCUT2D eigenvalue weighted by Crippen LogP contribution is 2.42. The van der Waals surface area contributed by atoms with Crippen molar-refractivity contribution >= 4 is 11.6 Å². The fraction of sp³-hybridized carbons (Fsp3) is 0.0714. The molecule has 1 unspecified atom stereocenters. The molecule has 1 atom stereocenters. The molecule has 2 aromatic carbocycles. The predicted octanol–water partition coefficient (Wildman–Crippen LogP) is 2.29. The maximum absolute atomic E-state index is 13.8. The third-order valence-electron chi connectivity index (χ3n) is 3.27. The lowest BCUT2D eigenvalue weighted by atomic mass is 9.87. The van der Waals surface area contributed by atoms with Crippen LogP contribution in [0, 0.1) is 17.5 Å². The largest absolute Gasteiger partial charge is 0.372 e. The minimum atomic E-state index is -2.45. The van der Waals surface area contributed by atoms with Crippen LogP contribution in [0.15, 0.2) is 36.4 Å². The molecular formula is C14H8F3NO2. The first-order chi connectivity index (χ1) is 9.42. The Morgan fingerprint density at radius 2 is 1.55 bits per heavy atom. The molecule has 0 spiro atoms. The van der Waals surface area contributed by atoms with Crippen LogP contribution in [-0.4, -0.2) is 11.0 Å². The van der Waals surface area contributed by atoms with E-state index in [1.165, 1.54) is 6.07 Å². The minimum Gasteiger partial charge on any atom is -0.372 e. The number of nitrogens with one attached hydrogen (secondary N) is 1. The summed E-state index contributed by atoms with van der Waals surface area (Å²) in [5.74, 6) is -3.42. The highest BCUT2D eigenvalue weighted by molar-refractivity contribution is 6.07. The van der Waals surface area contributed by atoms with Crippen LogP contribution in [0.3, 0.4) is 0 Å². The maximum atomic E-state index is 13.8. The van der Waals surface area contributed by atoms with Crippen molar-refractivity contribution < 1.29 is 23.1 Å². The van der Waals surface area contributed by atoms with E-state index in [2.05, 4.69) is 5.32 Å². The molecule has 0 fully saturated rings. The van der Waals surface area contributed by atoms with Crippen LogP contribution in [0.25, 0.3) is 0 Å². The first-order valence-electron chi connectivity index (χ1n) is 5.72. The molecule has 0 aliphatic carbocycles. The van der Waals surface area contributed by atoms with Gasteiger partial charge in [-0.2, -0.15) is 0 Å². The van der Waals surface area contributed by atoms with E-state index in [1.54, 1.807) is 0 Å². The van der Waals surface area contributed by atoms with E-state index in [4.69, 9.17) is 0 Å². The van der Waals surface area contributed by atoms with E-state index in [9.17, 15) is 23.1 Å². The summed E-state index contributed by atoms with van der Waals surface area (Å²) in [6.07, 6.45) is 0. The van der Waals surface area contributed by atoms with E-state index in [0.717, 1.165) is 30.3 Å². The van der Waals surface area contributed by atoms with Gasteiger partial charge in [0.15, 0.2) is 5.60 Å². The average Bonchev–Trinajstić information content (AvgIpc) is 2.66. The summed E-state index contributed by atoms with van der Waals surface area (Å²) in [5.41, 5.74) is -3.00. The highest BCUT2D eigenvalue weighted by atomic mass is 19.1. The molecule has 3 rings (SSSR count). The monoisotopic (exact) mass is 279 g/mol. The third-order valence-corrected chi connectivity index (χ3v) is 3.27. The number of hydrogen-bond donors (Lipinski definition) is 2. The second kappa shape index (κ2) is 4.08. The Morgan fingerprint density at radius 1 is 0.950 bits per heavy atom. The molecule has 2 aromatic rings. The van der Waals surface area contributed by atoms with Gasteiger partial charge in [0.05, 0.1) is 0 Å². The Hall–Kier alpha value is -2.34. The molecule has 1 amide bonds. The molecule has 0 saturated heterocycles. The maximum Gasteiger partial charge on any atom is 0.265 e. The van der Waals surface area contributed by atoms with Gasteiger partial charge < -0.3 is 10.4 Å². The van der Waals surface area contributed by atoms with Crippen LogP contribution in [0.5, 0.6) is 0 Å². The molecule has 0 bridgehead atoms. The number of aliphatic hydroxyl groups is 1. The van der Waals surface area contributed by atoms with Crippen LogP contribution >= 0.6 is 0 Å². The van der Waals surface area contributed by atoms with Crippen LogP contribution in [0.2, 0.25) is 0 Å². The number of anilines is 1. The van der Waals surface area contributed by atoms with Crippen LogP contribution in [0.1, 0.15) is 11.1 Å². The molecule has 0 aromatic heterocycles. The van der Waals surface area contributed by atoms with Crippen LogP contribution < -0.4 is 5.32 Å².